The van der Waals surface area contributed by atoms with E-state index in [1.165, 1.54) is 11.3 Å². The molecule has 24 heavy (non-hydrogen) atoms. The molecular weight excluding hydrogens is 300 g/mol. The highest BCUT2D eigenvalue weighted by Gasteiger charge is 2.23. The second kappa shape index (κ2) is 7.86. The van der Waals surface area contributed by atoms with E-state index in [2.05, 4.69) is 41.4 Å². The van der Waals surface area contributed by atoms with E-state index in [9.17, 15) is 4.79 Å². The normalized spacial score (nSPS) is 16.9. The minimum absolute atomic E-state index is 0.312. The lowest BCUT2D eigenvalue weighted by atomic mass is 10.1. The highest BCUT2D eigenvalue weighted by Crippen LogP contribution is 2.23. The topological polar surface area (TPSA) is 41.6 Å². The van der Waals surface area contributed by atoms with Gasteiger partial charge < -0.3 is 15.0 Å². The Labute approximate surface area is 143 Å². The van der Waals surface area contributed by atoms with Gasteiger partial charge in [-0.25, -0.2) is 4.79 Å². The van der Waals surface area contributed by atoms with E-state index in [4.69, 9.17) is 4.74 Å². The summed E-state index contributed by atoms with van der Waals surface area (Å²) in [7, 11) is 0. The molecule has 1 heterocycles. The van der Waals surface area contributed by atoms with Crippen molar-refractivity contribution in [2.75, 3.05) is 24.5 Å². The van der Waals surface area contributed by atoms with Crippen LogP contribution >= 0.6 is 0 Å². The summed E-state index contributed by atoms with van der Waals surface area (Å²) in [5.41, 5.74) is 3.53. The van der Waals surface area contributed by atoms with Gasteiger partial charge in [-0.1, -0.05) is 48.0 Å². The number of aryl methyl sites for hydroxylation is 1. The summed E-state index contributed by atoms with van der Waals surface area (Å²) < 4.78 is 5.25. The van der Waals surface area contributed by atoms with Crippen molar-refractivity contribution in [1.29, 1.82) is 0 Å². The van der Waals surface area contributed by atoms with Crippen molar-refractivity contribution in [2.24, 2.45) is 5.92 Å². The van der Waals surface area contributed by atoms with Crippen LogP contribution in [-0.2, 0) is 11.3 Å². The van der Waals surface area contributed by atoms with Crippen molar-refractivity contribution in [3.05, 3.63) is 65.7 Å². The van der Waals surface area contributed by atoms with E-state index in [0.717, 1.165) is 25.1 Å². The highest BCUT2D eigenvalue weighted by atomic mass is 16.5. The average Bonchev–Trinajstić information content (AvgIpc) is 3.09. The highest BCUT2D eigenvalue weighted by molar-refractivity contribution is 5.67. The first-order valence-electron chi connectivity index (χ1n) is 8.47. The minimum Gasteiger partial charge on any atom is -0.445 e. The summed E-state index contributed by atoms with van der Waals surface area (Å²) in [6, 6.07) is 18.3. The Hall–Kier alpha value is -2.49. The maximum atomic E-state index is 11.8. The molecule has 1 fully saturated rings. The molecule has 1 amide bonds. The van der Waals surface area contributed by atoms with Crippen LogP contribution in [0.3, 0.4) is 0 Å². The molecule has 4 nitrogen and oxygen atoms in total. The number of amides is 1. The number of benzene rings is 2. The van der Waals surface area contributed by atoms with Crippen molar-refractivity contribution in [3.63, 3.8) is 0 Å². The van der Waals surface area contributed by atoms with Crippen molar-refractivity contribution in [1.82, 2.24) is 5.32 Å². The molecular formula is C20H24N2O2. The third-order valence-corrected chi connectivity index (χ3v) is 4.43. The van der Waals surface area contributed by atoms with Crippen LogP contribution in [0.25, 0.3) is 0 Å². The fourth-order valence-corrected chi connectivity index (χ4v) is 2.99. The number of carbonyl (C=O) groups is 1. The fourth-order valence-electron chi connectivity index (χ4n) is 2.99. The molecule has 0 aliphatic carbocycles. The predicted octanol–water partition coefficient (Wildman–Crippen LogP) is 3.75. The van der Waals surface area contributed by atoms with E-state index in [0.29, 0.717) is 19.1 Å². The number of rotatable bonds is 5. The van der Waals surface area contributed by atoms with Crippen molar-refractivity contribution >= 4 is 11.8 Å². The second-order valence-corrected chi connectivity index (χ2v) is 6.38. The van der Waals surface area contributed by atoms with Crippen LogP contribution in [0.4, 0.5) is 10.5 Å². The summed E-state index contributed by atoms with van der Waals surface area (Å²) in [5.74, 6) is 0.468. The Morgan fingerprint density at radius 3 is 2.67 bits per heavy atom. The van der Waals surface area contributed by atoms with Crippen LogP contribution in [0, 0.1) is 12.8 Å². The Balaban J connectivity index is 1.39. The van der Waals surface area contributed by atoms with E-state index in [1.54, 1.807) is 0 Å². The third-order valence-electron chi connectivity index (χ3n) is 4.43. The van der Waals surface area contributed by atoms with Crippen molar-refractivity contribution < 1.29 is 9.53 Å². The Morgan fingerprint density at radius 1 is 1.17 bits per heavy atom. The number of hydrogen-bond donors (Lipinski definition) is 1. The number of hydrogen-bond acceptors (Lipinski definition) is 3. The maximum absolute atomic E-state index is 11.8. The van der Waals surface area contributed by atoms with Crippen LogP contribution in [0.15, 0.2) is 54.6 Å². The van der Waals surface area contributed by atoms with Gasteiger partial charge in [-0.3, -0.25) is 0 Å². The zero-order chi connectivity index (χ0) is 16.8. The SMILES string of the molecule is Cc1ccc(N2CCC(CNC(=O)OCc3ccccc3)C2)cc1. The third kappa shape index (κ3) is 4.51. The molecule has 2 aromatic carbocycles. The van der Waals surface area contributed by atoms with E-state index < -0.39 is 0 Å². The van der Waals surface area contributed by atoms with Crippen molar-refractivity contribution in [2.45, 2.75) is 20.0 Å². The van der Waals surface area contributed by atoms with Crippen LogP contribution in [0.1, 0.15) is 17.5 Å². The number of anilines is 1. The first-order valence-corrected chi connectivity index (χ1v) is 8.47. The molecule has 0 aromatic heterocycles. The number of ether oxygens (including phenoxy) is 1. The first kappa shape index (κ1) is 16.4. The second-order valence-electron chi connectivity index (χ2n) is 6.38. The summed E-state index contributed by atoms with van der Waals surface area (Å²) >= 11 is 0. The van der Waals surface area contributed by atoms with Gasteiger partial charge in [0.25, 0.3) is 0 Å². The molecule has 3 rings (SSSR count). The first-order chi connectivity index (χ1) is 11.7. The average molecular weight is 324 g/mol. The van der Waals surface area contributed by atoms with Gasteiger partial charge >= 0.3 is 6.09 Å². The monoisotopic (exact) mass is 324 g/mol. The molecule has 1 aliphatic heterocycles. The van der Waals surface area contributed by atoms with Crippen LogP contribution < -0.4 is 10.2 Å². The Morgan fingerprint density at radius 2 is 1.92 bits per heavy atom. The largest absolute Gasteiger partial charge is 0.445 e. The standard InChI is InChI=1S/C20H24N2O2/c1-16-7-9-19(10-8-16)22-12-11-18(14-22)13-21-20(23)24-15-17-5-3-2-4-6-17/h2-10,18H,11-15H2,1H3,(H,21,23). The molecule has 1 atom stereocenters. The maximum Gasteiger partial charge on any atom is 0.407 e. The van der Waals surface area contributed by atoms with Gasteiger partial charge in [-0.05, 0) is 37.0 Å². The molecule has 0 radical (unpaired) electrons. The lowest BCUT2D eigenvalue weighted by Crippen LogP contribution is -2.31. The minimum atomic E-state index is -0.340. The van der Waals surface area contributed by atoms with E-state index in [-0.39, 0.29) is 6.09 Å². The quantitative estimate of drug-likeness (QED) is 0.911. The summed E-state index contributed by atoms with van der Waals surface area (Å²) in [6.07, 6.45) is 0.750. The lowest BCUT2D eigenvalue weighted by molar-refractivity contribution is 0.138. The van der Waals surface area contributed by atoms with Crippen LogP contribution in [0.2, 0.25) is 0 Å². The molecule has 4 heteroatoms. The summed E-state index contributed by atoms with van der Waals surface area (Å²) in [6.45, 7) is 5.08. The predicted molar refractivity (Wildman–Crippen MR) is 96.1 cm³/mol. The molecule has 1 N–H and O–H groups in total. The summed E-state index contributed by atoms with van der Waals surface area (Å²) in [4.78, 5) is 14.2. The molecule has 2 aromatic rings. The van der Waals surface area contributed by atoms with Crippen LogP contribution in [-0.4, -0.2) is 25.7 Å². The van der Waals surface area contributed by atoms with E-state index >= 15 is 0 Å². The van der Waals surface area contributed by atoms with Crippen LogP contribution in [0.5, 0.6) is 0 Å². The Bertz CT molecular complexity index is 655. The van der Waals surface area contributed by atoms with Gasteiger partial charge in [-0.15, -0.1) is 0 Å². The molecule has 0 spiro atoms. The van der Waals surface area contributed by atoms with Crippen molar-refractivity contribution in [3.8, 4) is 0 Å². The Kier molecular flexibility index (Phi) is 5.36. The number of alkyl carbamates (subject to hydrolysis) is 1. The number of nitrogens with zero attached hydrogens (tertiary/aromatic N) is 1. The number of carbonyl (C=O) groups excluding carboxylic acids is 1. The fraction of sp³-hybridized carbons (Fsp3) is 0.350. The zero-order valence-electron chi connectivity index (χ0n) is 14.1. The van der Waals surface area contributed by atoms with Gasteiger partial charge in [0.1, 0.15) is 6.61 Å². The van der Waals surface area contributed by atoms with Gasteiger partial charge in [-0.2, -0.15) is 0 Å². The molecule has 1 unspecified atom stereocenters. The van der Waals surface area contributed by atoms with Gasteiger partial charge in [0.05, 0.1) is 0 Å². The van der Waals surface area contributed by atoms with Gasteiger partial charge in [0.15, 0.2) is 0 Å². The summed E-state index contributed by atoms with van der Waals surface area (Å²) in [5, 5.41) is 2.89. The molecule has 126 valence electrons. The molecule has 1 aliphatic rings. The van der Waals surface area contributed by atoms with Gasteiger partial charge in [0, 0.05) is 25.3 Å². The van der Waals surface area contributed by atoms with E-state index in [1.807, 2.05) is 30.3 Å². The zero-order valence-corrected chi connectivity index (χ0v) is 14.1. The molecule has 0 saturated carbocycles. The van der Waals surface area contributed by atoms with Gasteiger partial charge in [0.2, 0.25) is 0 Å². The smallest absolute Gasteiger partial charge is 0.407 e. The molecule has 0 bridgehead atoms. The number of nitrogens with one attached hydrogen (secondary N) is 1. The molecule has 1 saturated heterocycles. The lowest BCUT2D eigenvalue weighted by Gasteiger charge is -2.19.